The molecule has 0 amide bonds. The minimum absolute atomic E-state index is 0. The molecule has 0 fully saturated rings. The van der Waals surface area contributed by atoms with Crippen LogP contribution in [0, 0.1) is 12.9 Å². The smallest absolute Gasteiger partial charge is 0.148 e. The van der Waals surface area contributed by atoms with E-state index >= 15 is 0 Å². The molecule has 0 saturated heterocycles. The van der Waals surface area contributed by atoms with E-state index in [1.54, 1.807) is 12.1 Å². The molecule has 0 saturated carbocycles. The normalized spacial score (nSPS) is 13.1. The van der Waals surface area contributed by atoms with Crippen LogP contribution in [0.25, 0.3) is 72.7 Å². The molecule has 8 aromatic rings. The van der Waals surface area contributed by atoms with Gasteiger partial charge in [0, 0.05) is 37.1 Å². The molecule has 4 nitrogen and oxygen atoms in total. The van der Waals surface area contributed by atoms with Crippen LogP contribution < -0.4 is 0 Å². The maximum atomic E-state index is 11.4. The first-order valence-electron chi connectivity index (χ1n) is 21.9. The van der Waals surface area contributed by atoms with Gasteiger partial charge in [0.15, 0.2) is 0 Å². The molecule has 0 aliphatic rings. The van der Waals surface area contributed by atoms with Gasteiger partial charge in [-0.15, -0.1) is 29.3 Å². The van der Waals surface area contributed by atoms with Crippen molar-refractivity contribution in [3.8, 4) is 67.5 Å². The van der Waals surface area contributed by atoms with E-state index in [1.807, 2.05) is 83.6 Å². The van der Waals surface area contributed by atoms with Gasteiger partial charge < -0.3 is 5.11 Å². The number of aryl methyl sites for hydroxylation is 1. The van der Waals surface area contributed by atoms with E-state index in [1.165, 1.54) is 11.1 Å². The molecule has 0 bridgehead atoms. The maximum absolute atomic E-state index is 11.4. The number of hydrogen-bond donors (Lipinski definition) is 1. The number of imidazole rings is 1. The van der Waals surface area contributed by atoms with Gasteiger partial charge in [-0.2, -0.15) is 0 Å². The second-order valence-corrected chi connectivity index (χ2v) is 18.7. The monoisotopic (exact) mass is 970 g/mol. The zero-order valence-corrected chi connectivity index (χ0v) is 38.2. The Morgan fingerprint density at radius 2 is 1.18 bits per heavy atom. The van der Waals surface area contributed by atoms with Gasteiger partial charge in [0.2, 0.25) is 0 Å². The van der Waals surface area contributed by atoms with Crippen LogP contribution in [0.4, 0.5) is 0 Å². The number of rotatable bonds is 6. The topological polar surface area (TPSA) is 50.9 Å². The van der Waals surface area contributed by atoms with E-state index in [4.69, 9.17) is 14.1 Å². The Labute approximate surface area is 374 Å². The summed E-state index contributed by atoms with van der Waals surface area (Å²) in [6.07, 6.45) is 1.84. The van der Waals surface area contributed by atoms with Gasteiger partial charge in [0.1, 0.15) is 11.6 Å². The van der Waals surface area contributed by atoms with Crippen molar-refractivity contribution in [2.75, 3.05) is 0 Å². The second-order valence-electron chi connectivity index (χ2n) is 18.7. The molecular weight excluding hydrogens is 914 g/mol. The third kappa shape index (κ3) is 8.41. The first-order valence-corrected chi connectivity index (χ1v) is 20.4. The fraction of sp³-hybridized carbons (Fsp3) is 0.236. The number of benzene rings is 6. The molecule has 0 atom stereocenters. The van der Waals surface area contributed by atoms with E-state index in [0.717, 1.165) is 50.2 Å². The van der Waals surface area contributed by atoms with Gasteiger partial charge in [-0.05, 0) is 98.4 Å². The summed E-state index contributed by atoms with van der Waals surface area (Å²) in [5, 5.41) is 11.4. The molecule has 2 heterocycles. The average Bonchev–Trinajstić information content (AvgIpc) is 3.62. The maximum Gasteiger partial charge on any atom is 0.148 e. The number of aromatic nitrogens is 3. The van der Waals surface area contributed by atoms with E-state index in [2.05, 4.69) is 117 Å². The minimum Gasteiger partial charge on any atom is -0.507 e. The van der Waals surface area contributed by atoms with E-state index in [-0.39, 0.29) is 48.6 Å². The number of phenolic OH excluding ortho intramolecular Hbond substituents is 1. The van der Waals surface area contributed by atoms with E-state index in [9.17, 15) is 5.11 Å². The van der Waals surface area contributed by atoms with Crippen molar-refractivity contribution in [2.45, 2.75) is 85.4 Å². The Balaban J connectivity index is 0.00000595. The van der Waals surface area contributed by atoms with Gasteiger partial charge in [-0.3, -0.25) is 9.55 Å². The predicted molar refractivity (Wildman–Crippen MR) is 247 cm³/mol. The fourth-order valence-electron chi connectivity index (χ4n) is 7.65. The Kier molecular flexibility index (Phi) is 10.4. The Hall–Kier alpha value is -5.57. The van der Waals surface area contributed by atoms with Gasteiger partial charge in [0.25, 0.3) is 0 Å². The molecular formula is C55H54N3OPt-. The largest absolute Gasteiger partial charge is 0.507 e. The van der Waals surface area contributed by atoms with Crippen LogP contribution in [-0.2, 0) is 37.3 Å². The minimum atomic E-state index is -2.49. The summed E-state index contributed by atoms with van der Waals surface area (Å²) < 4.78 is 28.8. The zero-order valence-electron chi connectivity index (χ0n) is 38.9. The number of phenols is 1. The second kappa shape index (κ2) is 16.1. The molecule has 60 heavy (non-hydrogen) atoms. The summed E-state index contributed by atoms with van der Waals surface area (Å²) in [6.45, 7) is 17.3. The zero-order chi connectivity index (χ0) is 44.4. The Morgan fingerprint density at radius 3 is 1.85 bits per heavy atom. The quantitative estimate of drug-likeness (QED) is 0.169. The van der Waals surface area contributed by atoms with Crippen molar-refractivity contribution in [3.63, 3.8) is 0 Å². The summed E-state index contributed by atoms with van der Waals surface area (Å²) in [7, 11) is 0. The molecule has 306 valence electrons. The molecule has 1 N–H and O–H groups in total. The molecule has 2 aromatic heterocycles. The summed E-state index contributed by atoms with van der Waals surface area (Å²) in [6, 6.07) is 47.8. The molecule has 0 unspecified atom stereocenters. The number of fused-ring (bicyclic) bond motifs is 1. The number of pyridine rings is 1. The number of hydrogen-bond acceptors (Lipinski definition) is 3. The average molecular weight is 971 g/mol. The standard InChI is InChI=1S/C55H54N3O.Pt/c1-35-27-37(39-29-43(54(5,6)7)34-44(30-39)55(8,9)10)23-24-48(35)58-49-21-16-20-45(51(49)57-52(58)46-19-14-15-22-50(46)59)40-28-41(32-42(31-40)53(2,3)4)47-33-38(25-26-56-47)36-17-12-11-13-18-36;/h11-27,29-34,59H,1-10H3;/q-1;/i1D3;. The number of aromatic hydroxyl groups is 1. The van der Waals surface area contributed by atoms with Crippen molar-refractivity contribution in [1.82, 2.24) is 14.5 Å². The van der Waals surface area contributed by atoms with Gasteiger partial charge in [0.05, 0.1) is 22.3 Å². The molecule has 5 heteroatoms. The third-order valence-electron chi connectivity index (χ3n) is 11.2. The SMILES string of the molecule is [2H]C([2H])([2H])c1cc(-c2cc(C(C)(C)C)cc(C(C)(C)C)c2)ccc1-n1c(-c2ccccc2O)nc2c(-c3[c-]c(-c4cc(-c5ccccc5)ccn4)cc(C(C)(C)C)c3)cccc21.[Pt]. The first kappa shape index (κ1) is 38.6. The van der Waals surface area contributed by atoms with Crippen LogP contribution in [0.3, 0.4) is 0 Å². The van der Waals surface area contributed by atoms with Crippen molar-refractivity contribution in [1.29, 1.82) is 0 Å². The Morgan fingerprint density at radius 1 is 0.567 bits per heavy atom. The number of nitrogens with zero attached hydrogens (tertiary/aromatic N) is 3. The van der Waals surface area contributed by atoms with Crippen LogP contribution in [0.1, 0.15) is 88.7 Å². The molecule has 0 spiro atoms. The summed E-state index contributed by atoms with van der Waals surface area (Å²) in [4.78, 5) is 10.1. The van der Waals surface area contributed by atoms with Crippen molar-refractivity contribution in [2.24, 2.45) is 0 Å². The third-order valence-corrected chi connectivity index (χ3v) is 11.2. The molecule has 8 rings (SSSR count). The summed E-state index contributed by atoms with van der Waals surface area (Å²) in [5.74, 6) is 0.470. The van der Waals surface area contributed by atoms with E-state index < -0.39 is 6.85 Å². The summed E-state index contributed by atoms with van der Waals surface area (Å²) in [5.41, 5.74) is 12.8. The molecule has 0 radical (unpaired) electrons. The Bertz CT molecular complexity index is 2930. The fourth-order valence-corrected chi connectivity index (χ4v) is 7.65. The molecule has 0 aliphatic carbocycles. The van der Waals surface area contributed by atoms with Crippen molar-refractivity contribution < 1.29 is 30.3 Å². The van der Waals surface area contributed by atoms with Crippen LogP contribution >= 0.6 is 0 Å². The van der Waals surface area contributed by atoms with Crippen LogP contribution in [-0.4, -0.2) is 19.6 Å². The van der Waals surface area contributed by atoms with Gasteiger partial charge >= 0.3 is 0 Å². The molecule has 6 aromatic carbocycles. The summed E-state index contributed by atoms with van der Waals surface area (Å²) >= 11 is 0. The predicted octanol–water partition coefficient (Wildman–Crippen LogP) is 14.5. The van der Waals surface area contributed by atoms with Crippen molar-refractivity contribution >= 4 is 11.0 Å². The first-order chi connectivity index (χ1) is 29.2. The van der Waals surface area contributed by atoms with E-state index in [0.29, 0.717) is 28.1 Å². The van der Waals surface area contributed by atoms with Gasteiger partial charge in [-0.1, -0.05) is 158 Å². The van der Waals surface area contributed by atoms with Crippen LogP contribution in [0.15, 0.2) is 140 Å². The number of para-hydroxylation sites is 2. The van der Waals surface area contributed by atoms with Crippen LogP contribution in [0.5, 0.6) is 5.75 Å². The molecule has 0 aliphatic heterocycles. The van der Waals surface area contributed by atoms with Crippen LogP contribution in [0.2, 0.25) is 0 Å². The van der Waals surface area contributed by atoms with Gasteiger partial charge in [-0.25, -0.2) is 4.98 Å². The van der Waals surface area contributed by atoms with Crippen molar-refractivity contribution in [3.05, 3.63) is 168 Å².